The van der Waals surface area contributed by atoms with Crippen molar-refractivity contribution in [2.24, 2.45) is 0 Å². The molecule has 0 radical (unpaired) electrons. The molecule has 0 saturated carbocycles. The van der Waals surface area contributed by atoms with Crippen molar-refractivity contribution in [3.8, 4) is 0 Å². The van der Waals surface area contributed by atoms with Gasteiger partial charge in [0.25, 0.3) is 11.5 Å². The number of aliphatic hydroxyl groups is 2. The number of aliphatic hydroxyl groups excluding tert-OH is 2. The summed E-state index contributed by atoms with van der Waals surface area (Å²) in [5.74, 6) is 0.0775. The summed E-state index contributed by atoms with van der Waals surface area (Å²) >= 11 is 0. The number of nitrogens with one attached hydrogen (secondary N) is 1. The Labute approximate surface area is 116 Å². The molecule has 3 N–H and O–H groups in total. The van der Waals surface area contributed by atoms with Crippen molar-refractivity contribution in [3.05, 3.63) is 27.4 Å². The summed E-state index contributed by atoms with van der Waals surface area (Å²) in [6, 6.07) is 0. The van der Waals surface area contributed by atoms with Crippen LogP contribution in [0.4, 0.5) is 0 Å². The SMILES string of the molecule is Cc1nc(C(C)C)[nH]c(=O)c1C(=O)N1C[C@@H](O)[C@@H](O)C1. The molecular weight excluding hydrogens is 262 g/mol. The number of carbonyl (C=O) groups is 1. The zero-order valence-electron chi connectivity index (χ0n) is 11.8. The summed E-state index contributed by atoms with van der Waals surface area (Å²) in [5, 5.41) is 18.9. The molecular formula is C13H19N3O4. The summed E-state index contributed by atoms with van der Waals surface area (Å²) < 4.78 is 0. The first kappa shape index (κ1) is 14.7. The lowest BCUT2D eigenvalue weighted by Crippen LogP contribution is -2.35. The van der Waals surface area contributed by atoms with Crippen molar-refractivity contribution in [1.29, 1.82) is 0 Å². The molecule has 1 aliphatic rings. The van der Waals surface area contributed by atoms with Crippen LogP contribution < -0.4 is 5.56 Å². The molecule has 7 nitrogen and oxygen atoms in total. The van der Waals surface area contributed by atoms with Gasteiger partial charge in [0.2, 0.25) is 0 Å². The van der Waals surface area contributed by atoms with E-state index in [0.717, 1.165) is 0 Å². The molecule has 0 aliphatic carbocycles. The molecule has 0 spiro atoms. The van der Waals surface area contributed by atoms with E-state index in [-0.39, 0.29) is 24.6 Å². The molecule has 20 heavy (non-hydrogen) atoms. The van der Waals surface area contributed by atoms with Crippen molar-refractivity contribution in [3.63, 3.8) is 0 Å². The Balaban J connectivity index is 2.34. The molecule has 1 saturated heterocycles. The highest BCUT2D eigenvalue weighted by Gasteiger charge is 2.34. The van der Waals surface area contributed by atoms with Crippen molar-refractivity contribution in [2.75, 3.05) is 13.1 Å². The number of likely N-dealkylation sites (tertiary alicyclic amines) is 1. The van der Waals surface area contributed by atoms with E-state index in [2.05, 4.69) is 9.97 Å². The van der Waals surface area contributed by atoms with Gasteiger partial charge < -0.3 is 20.1 Å². The quantitative estimate of drug-likeness (QED) is 0.670. The van der Waals surface area contributed by atoms with Gasteiger partial charge in [0, 0.05) is 19.0 Å². The van der Waals surface area contributed by atoms with E-state index in [1.807, 2.05) is 13.8 Å². The first-order valence-corrected chi connectivity index (χ1v) is 6.57. The molecule has 0 bridgehead atoms. The Morgan fingerprint density at radius 2 is 1.90 bits per heavy atom. The van der Waals surface area contributed by atoms with E-state index in [0.29, 0.717) is 11.5 Å². The number of aromatic nitrogens is 2. The molecule has 1 fully saturated rings. The van der Waals surface area contributed by atoms with Crippen LogP contribution in [0.25, 0.3) is 0 Å². The van der Waals surface area contributed by atoms with Crippen molar-refractivity contribution >= 4 is 5.91 Å². The second-order valence-corrected chi connectivity index (χ2v) is 5.41. The van der Waals surface area contributed by atoms with Crippen LogP contribution in [-0.2, 0) is 0 Å². The average Bonchev–Trinajstić information content (AvgIpc) is 2.68. The van der Waals surface area contributed by atoms with Crippen molar-refractivity contribution in [2.45, 2.75) is 38.9 Å². The van der Waals surface area contributed by atoms with Crippen LogP contribution in [0, 0.1) is 6.92 Å². The minimum Gasteiger partial charge on any atom is -0.388 e. The van der Waals surface area contributed by atoms with E-state index >= 15 is 0 Å². The predicted octanol–water partition coefficient (Wildman–Crippen LogP) is -0.621. The fourth-order valence-corrected chi connectivity index (χ4v) is 2.23. The number of nitrogens with zero attached hydrogens (tertiary/aromatic N) is 2. The van der Waals surface area contributed by atoms with E-state index in [1.54, 1.807) is 6.92 Å². The van der Waals surface area contributed by atoms with E-state index in [4.69, 9.17) is 0 Å². The third-order valence-electron chi connectivity index (χ3n) is 3.43. The highest BCUT2D eigenvalue weighted by atomic mass is 16.3. The summed E-state index contributed by atoms with van der Waals surface area (Å²) in [7, 11) is 0. The number of aryl methyl sites for hydroxylation is 1. The van der Waals surface area contributed by atoms with Crippen LogP contribution in [0.3, 0.4) is 0 Å². The van der Waals surface area contributed by atoms with Crippen molar-refractivity contribution in [1.82, 2.24) is 14.9 Å². The molecule has 0 unspecified atom stereocenters. The standard InChI is InChI=1S/C13H19N3O4/c1-6(2)11-14-7(3)10(12(19)15-11)13(20)16-4-8(17)9(18)5-16/h6,8-9,17-18H,4-5H2,1-3H3,(H,14,15,19)/t8-,9+. The topological polar surface area (TPSA) is 107 Å². The van der Waals surface area contributed by atoms with Gasteiger partial charge in [-0.05, 0) is 6.92 Å². The van der Waals surface area contributed by atoms with Crippen LogP contribution in [0.15, 0.2) is 4.79 Å². The predicted molar refractivity (Wildman–Crippen MR) is 71.6 cm³/mol. The van der Waals surface area contributed by atoms with Crippen LogP contribution in [0.5, 0.6) is 0 Å². The maximum Gasteiger partial charge on any atom is 0.264 e. The van der Waals surface area contributed by atoms with E-state index < -0.39 is 23.7 Å². The summed E-state index contributed by atoms with van der Waals surface area (Å²) in [6.07, 6.45) is -1.94. The fraction of sp³-hybridized carbons (Fsp3) is 0.615. The number of hydrogen-bond acceptors (Lipinski definition) is 5. The lowest BCUT2D eigenvalue weighted by atomic mass is 10.1. The van der Waals surface area contributed by atoms with E-state index in [1.165, 1.54) is 4.90 Å². The normalized spacial score (nSPS) is 22.6. The second-order valence-electron chi connectivity index (χ2n) is 5.41. The maximum absolute atomic E-state index is 12.3. The lowest BCUT2D eigenvalue weighted by molar-refractivity contribution is 0.0572. The number of carbonyl (C=O) groups excluding carboxylic acids is 1. The molecule has 1 aromatic rings. The second kappa shape index (κ2) is 5.34. The van der Waals surface area contributed by atoms with Crippen LogP contribution in [0.1, 0.15) is 41.6 Å². The number of rotatable bonds is 2. The number of hydrogen-bond donors (Lipinski definition) is 3. The Morgan fingerprint density at radius 3 is 2.35 bits per heavy atom. The summed E-state index contributed by atoms with van der Waals surface area (Å²) in [4.78, 5) is 32.5. The Kier molecular flexibility index (Phi) is 3.92. The highest BCUT2D eigenvalue weighted by Crippen LogP contribution is 2.15. The molecule has 7 heteroatoms. The number of aromatic amines is 1. The van der Waals surface area contributed by atoms with Gasteiger partial charge in [0.1, 0.15) is 11.4 Å². The van der Waals surface area contributed by atoms with Gasteiger partial charge in [-0.3, -0.25) is 9.59 Å². The molecule has 1 amide bonds. The van der Waals surface area contributed by atoms with Crippen LogP contribution in [0.2, 0.25) is 0 Å². The first-order chi connectivity index (χ1) is 9.31. The van der Waals surface area contributed by atoms with E-state index in [9.17, 15) is 19.8 Å². The minimum atomic E-state index is -0.971. The van der Waals surface area contributed by atoms with Gasteiger partial charge in [0.05, 0.1) is 17.9 Å². The van der Waals surface area contributed by atoms with Gasteiger partial charge in [-0.25, -0.2) is 4.98 Å². The van der Waals surface area contributed by atoms with Gasteiger partial charge >= 0.3 is 0 Å². The zero-order valence-corrected chi connectivity index (χ0v) is 11.8. The van der Waals surface area contributed by atoms with Gasteiger partial charge in [-0.15, -0.1) is 0 Å². The fourth-order valence-electron chi connectivity index (χ4n) is 2.23. The molecule has 1 aromatic heterocycles. The summed E-state index contributed by atoms with van der Waals surface area (Å²) in [5.41, 5.74) is -0.156. The molecule has 1 aliphatic heterocycles. The smallest absolute Gasteiger partial charge is 0.264 e. The third-order valence-corrected chi connectivity index (χ3v) is 3.43. The largest absolute Gasteiger partial charge is 0.388 e. The van der Waals surface area contributed by atoms with Crippen molar-refractivity contribution < 1.29 is 15.0 Å². The maximum atomic E-state index is 12.3. The molecule has 2 atom stereocenters. The molecule has 0 aromatic carbocycles. The molecule has 2 rings (SSSR count). The minimum absolute atomic E-state index is 0.0187. The van der Waals surface area contributed by atoms with Gasteiger partial charge in [-0.2, -0.15) is 0 Å². The monoisotopic (exact) mass is 281 g/mol. The number of amides is 1. The summed E-state index contributed by atoms with van der Waals surface area (Å²) in [6.45, 7) is 5.44. The van der Waals surface area contributed by atoms with Crippen LogP contribution in [-0.4, -0.2) is 56.3 Å². The lowest BCUT2D eigenvalue weighted by Gasteiger charge is -2.16. The first-order valence-electron chi connectivity index (χ1n) is 6.57. The Morgan fingerprint density at radius 1 is 1.35 bits per heavy atom. The molecule has 110 valence electrons. The highest BCUT2D eigenvalue weighted by molar-refractivity contribution is 5.95. The van der Waals surface area contributed by atoms with Gasteiger partial charge in [0.15, 0.2) is 0 Å². The number of H-pyrrole nitrogens is 1. The molecule has 2 heterocycles. The van der Waals surface area contributed by atoms with Gasteiger partial charge in [-0.1, -0.05) is 13.8 Å². The number of β-amino-alcohol motifs (C(OH)–C–C–N with tert-alkyl or cyclic N) is 2. The zero-order chi connectivity index (χ0) is 15.0. The Bertz CT molecular complexity index is 571. The Hall–Kier alpha value is -1.73. The van der Waals surface area contributed by atoms with Crippen LogP contribution >= 0.6 is 0 Å². The third kappa shape index (κ3) is 2.59. The average molecular weight is 281 g/mol.